The lowest BCUT2D eigenvalue weighted by Gasteiger charge is -2.27. The Kier molecular flexibility index (Phi) is 2.68. The van der Waals surface area contributed by atoms with Crippen molar-refractivity contribution >= 4 is 29.0 Å². The number of rotatable bonds is 2. The Morgan fingerprint density at radius 2 is 2.05 bits per heavy atom. The van der Waals surface area contributed by atoms with Gasteiger partial charge >= 0.3 is 0 Å². The highest BCUT2D eigenvalue weighted by molar-refractivity contribution is 6.55. The Bertz CT molecular complexity index is 612. The van der Waals surface area contributed by atoms with E-state index in [9.17, 15) is 9.59 Å². The Morgan fingerprint density at radius 1 is 1.20 bits per heavy atom. The number of hydrogen-bond acceptors (Lipinski definition) is 2. The van der Waals surface area contributed by atoms with Crippen LogP contribution in [0.2, 0.25) is 5.02 Å². The van der Waals surface area contributed by atoms with Gasteiger partial charge in [-0.25, -0.2) is 0 Å². The second-order valence-electron chi connectivity index (χ2n) is 6.31. The van der Waals surface area contributed by atoms with E-state index in [1.54, 1.807) is 17.0 Å². The van der Waals surface area contributed by atoms with Crippen LogP contribution >= 0.6 is 11.6 Å². The molecule has 2 saturated carbocycles. The molecule has 1 aromatic rings. The molecular weight excluding hydrogens is 274 g/mol. The Balaban J connectivity index is 1.65. The fourth-order valence-corrected chi connectivity index (χ4v) is 4.57. The van der Waals surface area contributed by atoms with Gasteiger partial charge in [0.2, 0.25) is 0 Å². The number of nitrogens with zero attached hydrogens (tertiary/aromatic N) is 1. The van der Waals surface area contributed by atoms with E-state index < -0.39 is 11.7 Å². The fourth-order valence-electron chi connectivity index (χ4n) is 4.32. The first-order chi connectivity index (χ1) is 9.65. The highest BCUT2D eigenvalue weighted by Gasteiger charge is 2.44. The number of anilines is 1. The van der Waals surface area contributed by atoms with Gasteiger partial charge in [0.15, 0.2) is 0 Å². The average Bonchev–Trinajstić information content (AvgIpc) is 3.10. The smallest absolute Gasteiger partial charge is 0.299 e. The Labute approximate surface area is 122 Å². The first-order valence-electron chi connectivity index (χ1n) is 7.30. The predicted molar refractivity (Wildman–Crippen MR) is 77.1 cm³/mol. The van der Waals surface area contributed by atoms with E-state index in [0.29, 0.717) is 28.7 Å². The van der Waals surface area contributed by atoms with Crippen LogP contribution in [0, 0.1) is 17.8 Å². The van der Waals surface area contributed by atoms with Crippen molar-refractivity contribution in [3.05, 3.63) is 28.8 Å². The van der Waals surface area contributed by atoms with Gasteiger partial charge in [0.25, 0.3) is 11.7 Å². The van der Waals surface area contributed by atoms with Crippen LogP contribution in [0.15, 0.2) is 18.2 Å². The minimum absolute atomic E-state index is 0.385. The molecule has 0 saturated heterocycles. The van der Waals surface area contributed by atoms with Crippen molar-refractivity contribution in [2.75, 3.05) is 11.4 Å². The molecule has 3 nitrogen and oxygen atoms in total. The number of ketones is 1. The third-order valence-corrected chi connectivity index (χ3v) is 5.57. The summed E-state index contributed by atoms with van der Waals surface area (Å²) in [5.41, 5.74) is 1.09. The molecule has 4 rings (SSSR count). The second kappa shape index (κ2) is 4.32. The van der Waals surface area contributed by atoms with Crippen LogP contribution < -0.4 is 4.90 Å². The number of amides is 1. The molecule has 4 heteroatoms. The van der Waals surface area contributed by atoms with Crippen LogP contribution in [0.25, 0.3) is 0 Å². The zero-order chi connectivity index (χ0) is 13.9. The fraction of sp³-hybridized carbons (Fsp3) is 0.500. The molecule has 0 radical (unpaired) electrons. The highest BCUT2D eigenvalue weighted by atomic mass is 35.5. The first kappa shape index (κ1) is 12.4. The van der Waals surface area contributed by atoms with Crippen molar-refractivity contribution in [1.82, 2.24) is 0 Å². The molecule has 1 aliphatic heterocycles. The van der Waals surface area contributed by atoms with Crippen LogP contribution in [0.1, 0.15) is 36.0 Å². The van der Waals surface area contributed by atoms with Crippen LogP contribution in [-0.4, -0.2) is 18.2 Å². The summed E-state index contributed by atoms with van der Waals surface area (Å²) in [7, 11) is 0. The molecular formula is C16H16ClNO2. The van der Waals surface area contributed by atoms with Gasteiger partial charge in [-0.3, -0.25) is 9.59 Å². The van der Waals surface area contributed by atoms with Gasteiger partial charge in [0.1, 0.15) is 0 Å². The van der Waals surface area contributed by atoms with Crippen molar-refractivity contribution in [2.24, 2.45) is 17.8 Å². The van der Waals surface area contributed by atoms with Crippen LogP contribution in [0.3, 0.4) is 0 Å². The molecule has 3 atom stereocenters. The van der Waals surface area contributed by atoms with Gasteiger partial charge in [-0.15, -0.1) is 0 Å². The number of Topliss-reactive ketones (excluding diaryl/α,β-unsaturated/α-hetero) is 1. The highest BCUT2D eigenvalue weighted by Crippen LogP contribution is 2.49. The summed E-state index contributed by atoms with van der Waals surface area (Å²) in [6.07, 6.45) is 5.14. The molecule has 0 aromatic heterocycles. The van der Waals surface area contributed by atoms with Crippen molar-refractivity contribution in [2.45, 2.75) is 25.7 Å². The van der Waals surface area contributed by atoms with Crippen molar-refractivity contribution < 1.29 is 9.59 Å². The topological polar surface area (TPSA) is 37.4 Å². The summed E-state index contributed by atoms with van der Waals surface area (Å²) >= 11 is 6.08. The van der Waals surface area contributed by atoms with Gasteiger partial charge in [0, 0.05) is 6.54 Å². The lowest BCUT2D eigenvalue weighted by atomic mass is 9.88. The normalized spacial score (nSPS) is 31.2. The molecule has 1 amide bonds. The number of benzene rings is 1. The SMILES string of the molecule is O=C1C(=O)N(CC2CC3CCC2C3)c2cccc(Cl)c21. The third-order valence-electron chi connectivity index (χ3n) is 5.25. The van der Waals surface area contributed by atoms with Crippen molar-refractivity contribution in [3.63, 3.8) is 0 Å². The summed E-state index contributed by atoms with van der Waals surface area (Å²) in [5, 5.41) is 0.385. The van der Waals surface area contributed by atoms with Crippen molar-refractivity contribution in [1.29, 1.82) is 0 Å². The monoisotopic (exact) mass is 289 g/mol. The van der Waals surface area contributed by atoms with Gasteiger partial charge in [-0.05, 0) is 49.1 Å². The van der Waals surface area contributed by atoms with Gasteiger partial charge < -0.3 is 4.90 Å². The molecule has 3 aliphatic rings. The van der Waals surface area contributed by atoms with E-state index in [1.165, 1.54) is 25.7 Å². The molecule has 0 N–H and O–H groups in total. The second-order valence-corrected chi connectivity index (χ2v) is 6.72. The standard InChI is InChI=1S/C16H16ClNO2/c17-12-2-1-3-13-14(12)15(19)16(20)18(13)8-11-7-9-4-5-10(11)6-9/h1-3,9-11H,4-8H2. The van der Waals surface area contributed by atoms with Crippen LogP contribution in [-0.2, 0) is 4.79 Å². The van der Waals surface area contributed by atoms with E-state index in [-0.39, 0.29) is 0 Å². The molecule has 104 valence electrons. The molecule has 0 spiro atoms. The van der Waals surface area contributed by atoms with Gasteiger partial charge in [-0.2, -0.15) is 0 Å². The number of hydrogen-bond donors (Lipinski definition) is 0. The number of carbonyl (C=O) groups excluding carboxylic acids is 2. The maximum absolute atomic E-state index is 12.2. The van der Waals surface area contributed by atoms with E-state index in [1.807, 2.05) is 6.07 Å². The minimum Gasteiger partial charge on any atom is -0.304 e. The summed E-state index contributed by atoms with van der Waals surface area (Å²) in [4.78, 5) is 26.0. The lowest BCUT2D eigenvalue weighted by molar-refractivity contribution is -0.114. The quantitative estimate of drug-likeness (QED) is 0.783. The number of fused-ring (bicyclic) bond motifs is 3. The molecule has 3 unspecified atom stereocenters. The molecule has 1 aromatic carbocycles. The van der Waals surface area contributed by atoms with E-state index in [2.05, 4.69) is 0 Å². The summed E-state index contributed by atoms with van der Waals surface area (Å²) in [6.45, 7) is 0.680. The largest absolute Gasteiger partial charge is 0.304 e. The van der Waals surface area contributed by atoms with Gasteiger partial charge in [-0.1, -0.05) is 24.1 Å². The van der Waals surface area contributed by atoms with E-state index >= 15 is 0 Å². The maximum atomic E-state index is 12.2. The third kappa shape index (κ3) is 1.65. The molecule has 2 aliphatic carbocycles. The predicted octanol–water partition coefficient (Wildman–Crippen LogP) is 3.31. The Morgan fingerprint density at radius 3 is 2.75 bits per heavy atom. The van der Waals surface area contributed by atoms with Gasteiger partial charge in [0.05, 0.1) is 16.3 Å². The zero-order valence-corrected chi connectivity index (χ0v) is 11.9. The molecule has 20 heavy (non-hydrogen) atoms. The summed E-state index contributed by atoms with van der Waals surface area (Å²) < 4.78 is 0. The lowest BCUT2D eigenvalue weighted by Crippen LogP contribution is -2.36. The van der Waals surface area contributed by atoms with E-state index in [0.717, 1.165) is 11.8 Å². The number of carbonyl (C=O) groups is 2. The maximum Gasteiger partial charge on any atom is 0.299 e. The van der Waals surface area contributed by atoms with E-state index in [4.69, 9.17) is 11.6 Å². The molecule has 2 fully saturated rings. The first-order valence-corrected chi connectivity index (χ1v) is 7.67. The minimum atomic E-state index is -0.450. The Hall–Kier alpha value is -1.35. The average molecular weight is 290 g/mol. The van der Waals surface area contributed by atoms with Crippen LogP contribution in [0.4, 0.5) is 5.69 Å². The summed E-state index contributed by atoms with van der Waals surface area (Å²) in [5.74, 6) is 1.28. The zero-order valence-electron chi connectivity index (χ0n) is 11.1. The summed E-state index contributed by atoms with van der Waals surface area (Å²) in [6, 6.07) is 5.31. The molecule has 1 heterocycles. The van der Waals surface area contributed by atoms with Crippen molar-refractivity contribution in [3.8, 4) is 0 Å². The number of halogens is 1. The molecule has 2 bridgehead atoms. The van der Waals surface area contributed by atoms with Crippen LogP contribution in [0.5, 0.6) is 0 Å².